The quantitative estimate of drug-likeness (QED) is 0.346. The lowest BCUT2D eigenvalue weighted by molar-refractivity contribution is -0.117. The number of amides is 2. The fourth-order valence-corrected chi connectivity index (χ4v) is 3.58. The summed E-state index contributed by atoms with van der Waals surface area (Å²) in [5, 5.41) is 6.59. The van der Waals surface area contributed by atoms with E-state index in [9.17, 15) is 9.59 Å². The number of para-hydroxylation sites is 1. The first-order valence-corrected chi connectivity index (χ1v) is 10.7. The Balaban J connectivity index is 1.59. The zero-order chi connectivity index (χ0) is 23.9. The number of benzene rings is 3. The third kappa shape index (κ3) is 5.10. The van der Waals surface area contributed by atoms with Gasteiger partial charge in [-0.25, -0.2) is 0 Å². The van der Waals surface area contributed by atoms with Gasteiger partial charge >= 0.3 is 0 Å². The van der Waals surface area contributed by atoms with Crippen LogP contribution in [-0.4, -0.2) is 31.0 Å². The van der Waals surface area contributed by atoms with Crippen LogP contribution >= 0.6 is 0 Å². The number of carbonyl (C=O) groups excluding carboxylic acids is 2. The maximum atomic E-state index is 13.2. The lowest BCUT2D eigenvalue weighted by Crippen LogP contribution is -2.34. The van der Waals surface area contributed by atoms with Crippen LogP contribution in [0.25, 0.3) is 17.0 Å². The summed E-state index contributed by atoms with van der Waals surface area (Å²) in [6.07, 6.45) is 3.48. The summed E-state index contributed by atoms with van der Waals surface area (Å²) in [6.45, 7) is 0.242. The molecule has 7 nitrogen and oxygen atoms in total. The molecule has 0 aliphatic heterocycles. The highest BCUT2D eigenvalue weighted by atomic mass is 16.5. The van der Waals surface area contributed by atoms with Crippen LogP contribution in [0.3, 0.4) is 0 Å². The van der Waals surface area contributed by atoms with Crippen molar-refractivity contribution >= 4 is 28.8 Å². The monoisotopic (exact) mass is 455 g/mol. The minimum absolute atomic E-state index is 0.138. The molecule has 0 saturated carbocycles. The van der Waals surface area contributed by atoms with Gasteiger partial charge in [-0.2, -0.15) is 0 Å². The number of carbonyl (C=O) groups is 2. The highest BCUT2D eigenvalue weighted by Crippen LogP contribution is 2.27. The van der Waals surface area contributed by atoms with Crippen LogP contribution < -0.4 is 20.1 Å². The number of hydrogen-bond donors (Lipinski definition) is 3. The van der Waals surface area contributed by atoms with E-state index < -0.39 is 5.91 Å². The maximum Gasteiger partial charge on any atom is 0.268 e. The van der Waals surface area contributed by atoms with Gasteiger partial charge in [-0.3, -0.25) is 9.59 Å². The summed E-state index contributed by atoms with van der Waals surface area (Å²) in [5.41, 5.74) is 3.15. The first-order chi connectivity index (χ1) is 16.6. The van der Waals surface area contributed by atoms with Gasteiger partial charge in [-0.1, -0.05) is 42.5 Å². The van der Waals surface area contributed by atoms with Crippen molar-refractivity contribution in [3.8, 4) is 11.5 Å². The van der Waals surface area contributed by atoms with Gasteiger partial charge in [0, 0.05) is 34.8 Å². The molecule has 0 aliphatic carbocycles. The number of rotatable bonds is 8. The number of aromatic nitrogens is 1. The van der Waals surface area contributed by atoms with E-state index in [2.05, 4.69) is 15.6 Å². The Bertz CT molecular complexity index is 1340. The third-order valence-corrected chi connectivity index (χ3v) is 5.35. The summed E-state index contributed by atoms with van der Waals surface area (Å²) in [4.78, 5) is 29.2. The fourth-order valence-electron chi connectivity index (χ4n) is 3.58. The Morgan fingerprint density at radius 2 is 1.65 bits per heavy atom. The normalized spacial score (nSPS) is 11.2. The number of fused-ring (bicyclic) bond motifs is 1. The minimum Gasteiger partial charge on any atom is -0.493 e. The van der Waals surface area contributed by atoms with Crippen molar-refractivity contribution in [2.75, 3.05) is 14.2 Å². The molecule has 0 aliphatic rings. The third-order valence-electron chi connectivity index (χ3n) is 5.35. The second kappa shape index (κ2) is 10.4. The second-order valence-electron chi connectivity index (χ2n) is 7.54. The van der Waals surface area contributed by atoms with Crippen molar-refractivity contribution in [1.29, 1.82) is 0 Å². The van der Waals surface area contributed by atoms with E-state index in [0.29, 0.717) is 17.1 Å². The molecule has 4 rings (SSSR count). The van der Waals surface area contributed by atoms with Crippen LogP contribution in [0.4, 0.5) is 0 Å². The molecular weight excluding hydrogens is 430 g/mol. The highest BCUT2D eigenvalue weighted by Gasteiger charge is 2.16. The van der Waals surface area contributed by atoms with Gasteiger partial charge in [0.25, 0.3) is 11.8 Å². The Hall–Kier alpha value is -4.52. The fraction of sp³-hybridized carbons (Fsp3) is 0.111. The zero-order valence-electron chi connectivity index (χ0n) is 18.9. The van der Waals surface area contributed by atoms with Gasteiger partial charge in [0.2, 0.25) is 0 Å². The molecule has 172 valence electrons. The summed E-state index contributed by atoms with van der Waals surface area (Å²) in [7, 11) is 3.12. The van der Waals surface area contributed by atoms with Crippen LogP contribution in [0.15, 0.2) is 84.7 Å². The van der Waals surface area contributed by atoms with Gasteiger partial charge in [-0.15, -0.1) is 0 Å². The van der Waals surface area contributed by atoms with E-state index in [-0.39, 0.29) is 18.1 Å². The molecule has 0 radical (unpaired) electrons. The SMILES string of the molecule is COc1ccc(CNC(=O)/C(=C\c2c[nH]c3ccccc23)NC(=O)c2ccccc2)cc1OC. The van der Waals surface area contributed by atoms with Crippen molar-refractivity contribution in [2.45, 2.75) is 6.54 Å². The van der Waals surface area contributed by atoms with Crippen LogP contribution in [0, 0.1) is 0 Å². The molecule has 4 aromatic rings. The second-order valence-corrected chi connectivity index (χ2v) is 7.54. The smallest absolute Gasteiger partial charge is 0.268 e. The predicted octanol–water partition coefficient (Wildman–Crippen LogP) is 4.27. The molecule has 0 bridgehead atoms. The van der Waals surface area contributed by atoms with Crippen LogP contribution in [0.1, 0.15) is 21.5 Å². The van der Waals surface area contributed by atoms with Crippen LogP contribution in [-0.2, 0) is 11.3 Å². The summed E-state index contributed by atoms with van der Waals surface area (Å²) in [5.74, 6) is 0.395. The zero-order valence-corrected chi connectivity index (χ0v) is 18.9. The van der Waals surface area contributed by atoms with Crippen molar-refractivity contribution < 1.29 is 19.1 Å². The number of ether oxygens (including phenoxy) is 2. The Morgan fingerprint density at radius 1 is 0.912 bits per heavy atom. The molecule has 3 N–H and O–H groups in total. The number of H-pyrrole nitrogens is 1. The molecule has 0 saturated heterocycles. The first-order valence-electron chi connectivity index (χ1n) is 10.7. The lowest BCUT2D eigenvalue weighted by Gasteiger charge is -2.13. The number of aromatic amines is 1. The molecule has 2 amide bonds. The maximum absolute atomic E-state index is 13.2. The Morgan fingerprint density at radius 3 is 2.41 bits per heavy atom. The van der Waals surface area contributed by atoms with Gasteiger partial charge in [-0.05, 0) is 42.0 Å². The molecule has 1 aromatic heterocycles. The molecule has 34 heavy (non-hydrogen) atoms. The minimum atomic E-state index is -0.413. The van der Waals surface area contributed by atoms with Crippen molar-refractivity contribution in [1.82, 2.24) is 15.6 Å². The lowest BCUT2D eigenvalue weighted by atomic mass is 10.1. The molecule has 7 heteroatoms. The molecule has 1 heterocycles. The number of hydrogen-bond acceptors (Lipinski definition) is 4. The van der Waals surface area contributed by atoms with E-state index in [1.807, 2.05) is 36.4 Å². The van der Waals surface area contributed by atoms with Gasteiger partial charge in [0.1, 0.15) is 5.70 Å². The van der Waals surface area contributed by atoms with Crippen molar-refractivity contribution in [2.24, 2.45) is 0 Å². The number of nitrogens with one attached hydrogen (secondary N) is 3. The molecule has 0 fully saturated rings. The molecule has 0 atom stereocenters. The van der Waals surface area contributed by atoms with E-state index in [1.54, 1.807) is 62.9 Å². The largest absolute Gasteiger partial charge is 0.493 e. The summed E-state index contributed by atoms with van der Waals surface area (Å²) >= 11 is 0. The van der Waals surface area contributed by atoms with Gasteiger partial charge in [0.05, 0.1) is 14.2 Å². The van der Waals surface area contributed by atoms with E-state index in [1.165, 1.54) is 0 Å². The average Bonchev–Trinajstić information content (AvgIpc) is 3.29. The highest BCUT2D eigenvalue weighted by molar-refractivity contribution is 6.06. The van der Waals surface area contributed by atoms with Crippen molar-refractivity contribution in [3.63, 3.8) is 0 Å². The molecule has 3 aromatic carbocycles. The van der Waals surface area contributed by atoms with Gasteiger partial charge in [0.15, 0.2) is 11.5 Å². The topological polar surface area (TPSA) is 92.5 Å². The summed E-state index contributed by atoms with van der Waals surface area (Å²) in [6, 6.07) is 21.9. The van der Waals surface area contributed by atoms with E-state index >= 15 is 0 Å². The Labute approximate surface area is 197 Å². The van der Waals surface area contributed by atoms with Crippen LogP contribution in [0.5, 0.6) is 11.5 Å². The standard InChI is InChI=1S/C27H25N3O4/c1-33-24-13-12-18(14-25(24)34-2)16-29-27(32)23(30-26(31)19-8-4-3-5-9-19)15-20-17-28-22-11-7-6-10-21(20)22/h3-15,17,28H,16H2,1-2H3,(H,29,32)(H,30,31)/b23-15+. The molecule has 0 spiro atoms. The van der Waals surface area contributed by atoms with Gasteiger partial charge < -0.3 is 25.1 Å². The van der Waals surface area contributed by atoms with Crippen LogP contribution in [0.2, 0.25) is 0 Å². The average molecular weight is 456 g/mol. The molecule has 0 unspecified atom stereocenters. The van der Waals surface area contributed by atoms with E-state index in [0.717, 1.165) is 22.0 Å². The first kappa shape index (κ1) is 22.7. The van der Waals surface area contributed by atoms with E-state index in [4.69, 9.17) is 9.47 Å². The molecular formula is C27H25N3O4. The predicted molar refractivity (Wildman–Crippen MR) is 132 cm³/mol. The Kier molecular flexibility index (Phi) is 6.93. The number of methoxy groups -OCH3 is 2. The summed E-state index contributed by atoms with van der Waals surface area (Å²) < 4.78 is 10.6. The van der Waals surface area contributed by atoms with Crippen molar-refractivity contribution in [3.05, 3.63) is 101 Å².